The van der Waals surface area contributed by atoms with Crippen LogP contribution in [0.3, 0.4) is 0 Å². The van der Waals surface area contributed by atoms with E-state index < -0.39 is 5.54 Å². The van der Waals surface area contributed by atoms with Crippen molar-refractivity contribution in [3.05, 3.63) is 41.0 Å². The van der Waals surface area contributed by atoms with Crippen molar-refractivity contribution in [3.63, 3.8) is 0 Å². The molecule has 2 N–H and O–H groups in total. The average Bonchev–Trinajstić information content (AvgIpc) is 3.11. The van der Waals surface area contributed by atoms with Gasteiger partial charge < -0.3 is 15.0 Å². The Hall–Kier alpha value is -1.30. The Labute approximate surface area is 140 Å². The van der Waals surface area contributed by atoms with Crippen LogP contribution in [-0.2, 0) is 12.0 Å². The summed E-state index contributed by atoms with van der Waals surface area (Å²) in [7, 11) is 0. The number of ether oxygens (including phenoxy) is 1. The van der Waals surface area contributed by atoms with E-state index >= 15 is 0 Å². The summed E-state index contributed by atoms with van der Waals surface area (Å²) in [6.07, 6.45) is 4.66. The first-order chi connectivity index (χ1) is 10.2. The van der Waals surface area contributed by atoms with Crippen LogP contribution in [0, 0.1) is 0 Å². The summed E-state index contributed by atoms with van der Waals surface area (Å²) in [6.45, 7) is 0.473. The van der Waals surface area contributed by atoms with Crippen LogP contribution in [0.15, 0.2) is 28.8 Å². The summed E-state index contributed by atoms with van der Waals surface area (Å²) in [5.41, 5.74) is 5.89. The van der Waals surface area contributed by atoms with Gasteiger partial charge in [0.05, 0.1) is 18.6 Å². The second-order valence-corrected chi connectivity index (χ2v) is 5.86. The fourth-order valence-electron chi connectivity index (χ4n) is 2.58. The third kappa shape index (κ3) is 3.91. The van der Waals surface area contributed by atoms with Gasteiger partial charge in [-0.2, -0.15) is 4.98 Å². The minimum absolute atomic E-state index is 0. The lowest BCUT2D eigenvalue weighted by Gasteiger charge is -2.17. The molecule has 22 heavy (non-hydrogen) atoms. The van der Waals surface area contributed by atoms with E-state index in [-0.39, 0.29) is 12.4 Å². The molecule has 1 aliphatic rings. The molecular weight excluding hydrogens is 325 g/mol. The first-order valence-electron chi connectivity index (χ1n) is 7.16. The van der Waals surface area contributed by atoms with Crippen molar-refractivity contribution < 1.29 is 9.26 Å². The van der Waals surface area contributed by atoms with Crippen LogP contribution in [0.1, 0.15) is 37.4 Å². The summed E-state index contributed by atoms with van der Waals surface area (Å²) < 4.78 is 10.9. The molecule has 2 aromatic rings. The SMILES string of the molecule is Cl.NC1(c2noc(CCOc3ccc(Cl)cc3)n2)CCCC1. The normalized spacial score (nSPS) is 16.3. The molecule has 5 nitrogen and oxygen atoms in total. The van der Waals surface area contributed by atoms with Crippen molar-refractivity contribution in [2.24, 2.45) is 5.73 Å². The number of nitrogens with zero attached hydrogens (tertiary/aromatic N) is 2. The van der Waals surface area contributed by atoms with Gasteiger partial charge in [0.25, 0.3) is 0 Å². The molecule has 120 valence electrons. The quantitative estimate of drug-likeness (QED) is 0.899. The third-order valence-corrected chi connectivity index (χ3v) is 4.06. The number of hydrogen-bond acceptors (Lipinski definition) is 5. The highest BCUT2D eigenvalue weighted by molar-refractivity contribution is 6.30. The summed E-state index contributed by atoms with van der Waals surface area (Å²) in [5, 5.41) is 4.71. The van der Waals surface area contributed by atoms with E-state index in [0.29, 0.717) is 29.8 Å². The Balaban J connectivity index is 0.00000176. The topological polar surface area (TPSA) is 74.2 Å². The zero-order valence-corrected chi connectivity index (χ0v) is 13.7. The lowest BCUT2D eigenvalue weighted by atomic mass is 9.99. The van der Waals surface area contributed by atoms with Gasteiger partial charge in [0.15, 0.2) is 5.82 Å². The predicted octanol–water partition coefficient (Wildman–Crippen LogP) is 3.49. The van der Waals surface area contributed by atoms with Crippen molar-refractivity contribution in [1.29, 1.82) is 0 Å². The maximum absolute atomic E-state index is 6.30. The first-order valence-corrected chi connectivity index (χ1v) is 7.54. The van der Waals surface area contributed by atoms with Gasteiger partial charge in [0, 0.05) is 5.02 Å². The standard InChI is InChI=1S/C15H18ClN3O2.ClH/c16-11-3-5-12(6-4-11)20-10-7-13-18-14(19-21-13)15(17)8-1-2-9-15;/h3-6H,1-2,7-10,17H2;1H. The molecule has 0 amide bonds. The predicted molar refractivity (Wildman–Crippen MR) is 86.5 cm³/mol. The number of halogens is 2. The Morgan fingerprint density at radius 1 is 1.23 bits per heavy atom. The van der Waals surface area contributed by atoms with Crippen LogP contribution in [0.25, 0.3) is 0 Å². The Morgan fingerprint density at radius 3 is 2.59 bits per heavy atom. The largest absolute Gasteiger partial charge is 0.493 e. The van der Waals surface area contributed by atoms with Crippen LogP contribution < -0.4 is 10.5 Å². The van der Waals surface area contributed by atoms with Gasteiger partial charge in [-0.1, -0.05) is 29.6 Å². The minimum Gasteiger partial charge on any atom is -0.493 e. The molecule has 1 aromatic carbocycles. The van der Waals surface area contributed by atoms with Crippen LogP contribution >= 0.6 is 24.0 Å². The van der Waals surface area contributed by atoms with Gasteiger partial charge in [-0.05, 0) is 37.1 Å². The van der Waals surface area contributed by atoms with Gasteiger partial charge in [-0.3, -0.25) is 0 Å². The van der Waals surface area contributed by atoms with E-state index in [0.717, 1.165) is 31.4 Å². The van der Waals surface area contributed by atoms with Gasteiger partial charge in [-0.25, -0.2) is 0 Å². The van der Waals surface area contributed by atoms with Crippen molar-refractivity contribution in [1.82, 2.24) is 10.1 Å². The van der Waals surface area contributed by atoms with Crippen LogP contribution in [-0.4, -0.2) is 16.7 Å². The molecule has 0 saturated heterocycles. The fourth-order valence-corrected chi connectivity index (χ4v) is 2.70. The Kier molecular flexibility index (Phi) is 5.67. The fraction of sp³-hybridized carbons (Fsp3) is 0.467. The molecule has 0 atom stereocenters. The Morgan fingerprint density at radius 2 is 1.91 bits per heavy atom. The first kappa shape index (κ1) is 17.1. The zero-order valence-electron chi connectivity index (χ0n) is 12.1. The number of aromatic nitrogens is 2. The van der Waals surface area contributed by atoms with E-state index in [1.165, 1.54) is 0 Å². The van der Waals surface area contributed by atoms with E-state index in [4.69, 9.17) is 26.6 Å². The van der Waals surface area contributed by atoms with Crippen LogP contribution in [0.4, 0.5) is 0 Å². The molecule has 1 aliphatic carbocycles. The molecule has 1 fully saturated rings. The monoisotopic (exact) mass is 343 g/mol. The smallest absolute Gasteiger partial charge is 0.230 e. The van der Waals surface area contributed by atoms with E-state index in [1.807, 2.05) is 12.1 Å². The Bertz CT molecular complexity index is 595. The van der Waals surface area contributed by atoms with E-state index in [9.17, 15) is 0 Å². The highest BCUT2D eigenvalue weighted by Gasteiger charge is 2.35. The molecule has 7 heteroatoms. The van der Waals surface area contributed by atoms with Crippen LogP contribution in [0.2, 0.25) is 5.02 Å². The molecule has 0 radical (unpaired) electrons. The van der Waals surface area contributed by atoms with E-state index in [1.54, 1.807) is 12.1 Å². The molecule has 1 heterocycles. The second-order valence-electron chi connectivity index (χ2n) is 5.43. The highest BCUT2D eigenvalue weighted by atomic mass is 35.5. The number of rotatable bonds is 5. The molecule has 0 unspecified atom stereocenters. The van der Waals surface area contributed by atoms with E-state index in [2.05, 4.69) is 10.1 Å². The third-order valence-electron chi connectivity index (χ3n) is 3.81. The number of hydrogen-bond donors (Lipinski definition) is 1. The summed E-state index contributed by atoms with van der Waals surface area (Å²) in [4.78, 5) is 4.41. The van der Waals surface area contributed by atoms with Gasteiger partial charge in [-0.15, -0.1) is 12.4 Å². The maximum atomic E-state index is 6.30. The van der Waals surface area contributed by atoms with Gasteiger partial charge in [0.2, 0.25) is 5.89 Å². The molecule has 0 bridgehead atoms. The number of nitrogens with two attached hydrogens (primary N) is 1. The average molecular weight is 344 g/mol. The summed E-state index contributed by atoms with van der Waals surface area (Å²) >= 11 is 5.82. The zero-order chi connectivity index (χ0) is 14.7. The number of benzene rings is 1. The molecule has 3 rings (SSSR count). The highest BCUT2D eigenvalue weighted by Crippen LogP contribution is 2.34. The van der Waals surface area contributed by atoms with Crippen molar-refractivity contribution in [3.8, 4) is 5.75 Å². The summed E-state index contributed by atoms with van der Waals surface area (Å²) in [5.74, 6) is 1.96. The van der Waals surface area contributed by atoms with Gasteiger partial charge >= 0.3 is 0 Å². The molecular formula is C15H19Cl2N3O2. The second kappa shape index (κ2) is 7.31. The van der Waals surface area contributed by atoms with Crippen LogP contribution in [0.5, 0.6) is 5.75 Å². The van der Waals surface area contributed by atoms with Crippen molar-refractivity contribution in [2.45, 2.75) is 37.6 Å². The lowest BCUT2D eigenvalue weighted by molar-refractivity contribution is 0.290. The molecule has 0 aliphatic heterocycles. The van der Waals surface area contributed by atoms with Crippen molar-refractivity contribution in [2.75, 3.05) is 6.61 Å². The maximum Gasteiger partial charge on any atom is 0.230 e. The van der Waals surface area contributed by atoms with Crippen molar-refractivity contribution >= 4 is 24.0 Å². The molecule has 1 aromatic heterocycles. The summed E-state index contributed by atoms with van der Waals surface area (Å²) in [6, 6.07) is 7.24. The molecule has 1 saturated carbocycles. The van der Waals surface area contributed by atoms with Gasteiger partial charge in [0.1, 0.15) is 5.75 Å². The minimum atomic E-state index is -0.404. The molecule has 0 spiro atoms. The lowest BCUT2D eigenvalue weighted by Crippen LogP contribution is -2.34.